The Morgan fingerprint density at radius 2 is 2.12 bits per heavy atom. The molecule has 0 fully saturated rings. The van der Waals surface area contributed by atoms with Crippen molar-refractivity contribution in [2.24, 2.45) is 10.8 Å². The lowest BCUT2D eigenvalue weighted by Gasteiger charge is -2.34. The van der Waals surface area contributed by atoms with Crippen LogP contribution in [0.2, 0.25) is 0 Å². The van der Waals surface area contributed by atoms with Crippen LogP contribution in [0, 0.1) is 0 Å². The van der Waals surface area contributed by atoms with Gasteiger partial charge in [0.25, 0.3) is 5.91 Å². The summed E-state index contributed by atoms with van der Waals surface area (Å²) in [4.78, 5) is 12.0. The average Bonchev–Trinajstić information content (AvgIpc) is 3.08. The molecule has 0 saturated carbocycles. The number of nitrogens with two attached hydrogens (primary N) is 1. The number of benzene rings is 2. The number of hydrogen-bond acceptors (Lipinski definition) is 5. The van der Waals surface area contributed by atoms with E-state index in [4.69, 9.17) is 15.2 Å². The Morgan fingerprint density at radius 3 is 2.81 bits per heavy atom. The van der Waals surface area contributed by atoms with Crippen LogP contribution in [0.15, 0.2) is 53.6 Å². The van der Waals surface area contributed by atoms with Crippen LogP contribution in [0.25, 0.3) is 0 Å². The van der Waals surface area contributed by atoms with E-state index in [9.17, 15) is 9.18 Å². The van der Waals surface area contributed by atoms with Crippen LogP contribution >= 0.6 is 0 Å². The highest BCUT2D eigenvalue weighted by Crippen LogP contribution is 2.43. The van der Waals surface area contributed by atoms with Crippen LogP contribution in [0.4, 0.5) is 10.1 Å². The van der Waals surface area contributed by atoms with E-state index >= 15 is 0 Å². The molecular weight excluding hydrogens is 337 g/mol. The van der Waals surface area contributed by atoms with Gasteiger partial charge in [-0.15, -0.1) is 0 Å². The zero-order valence-electron chi connectivity index (χ0n) is 14.1. The van der Waals surface area contributed by atoms with E-state index in [-0.39, 0.29) is 17.7 Å². The molecule has 0 radical (unpaired) electrons. The summed E-state index contributed by atoms with van der Waals surface area (Å²) >= 11 is 0. The highest BCUT2D eigenvalue weighted by Gasteiger charge is 2.44. The lowest BCUT2D eigenvalue weighted by molar-refractivity contribution is -0.112. The van der Waals surface area contributed by atoms with Gasteiger partial charge in [-0.05, 0) is 23.8 Å². The Bertz CT molecular complexity index is 872. The summed E-state index contributed by atoms with van der Waals surface area (Å²) in [5, 5.41) is 6.18. The number of alkyl halides is 1. The first kappa shape index (κ1) is 16.5. The minimum absolute atomic E-state index is 0.233. The fraction of sp³-hybridized carbons (Fsp3) is 0.263. The molecule has 2 aromatic carbocycles. The van der Waals surface area contributed by atoms with Crippen LogP contribution in [-0.2, 0) is 9.53 Å². The molecule has 7 heteroatoms. The highest BCUT2D eigenvalue weighted by molar-refractivity contribution is 6.41. The molecule has 0 aromatic heterocycles. The van der Waals surface area contributed by atoms with Crippen molar-refractivity contribution in [2.45, 2.75) is 18.3 Å². The Hall–Kier alpha value is -2.93. The largest absolute Gasteiger partial charge is 0.489 e. The van der Waals surface area contributed by atoms with Gasteiger partial charge in [-0.25, -0.2) is 4.39 Å². The number of carbonyl (C=O) groups excluding carboxylic acids is 1. The maximum atomic E-state index is 13.9. The molecule has 4 rings (SSSR count). The Labute approximate surface area is 150 Å². The number of nitrogens with zero attached hydrogens (tertiary/aromatic N) is 2. The summed E-state index contributed by atoms with van der Waals surface area (Å²) in [6.45, 7) is 0.343. The number of fused-ring (bicyclic) bond motifs is 3. The van der Waals surface area contributed by atoms with E-state index in [1.165, 1.54) is 7.11 Å². The molecule has 0 bridgehead atoms. The lowest BCUT2D eigenvalue weighted by Crippen LogP contribution is -2.41. The van der Waals surface area contributed by atoms with Crippen molar-refractivity contribution in [3.63, 3.8) is 0 Å². The maximum absolute atomic E-state index is 13.9. The van der Waals surface area contributed by atoms with Crippen molar-refractivity contribution in [1.29, 1.82) is 0 Å². The van der Waals surface area contributed by atoms with Crippen molar-refractivity contribution in [3.05, 3.63) is 59.7 Å². The second-order valence-corrected chi connectivity index (χ2v) is 6.24. The van der Waals surface area contributed by atoms with Gasteiger partial charge in [0.05, 0.1) is 12.0 Å². The molecule has 0 spiro atoms. The third-order valence-electron chi connectivity index (χ3n) is 4.73. The predicted molar refractivity (Wildman–Crippen MR) is 94.9 cm³/mol. The predicted octanol–water partition coefficient (Wildman–Crippen LogP) is 2.51. The van der Waals surface area contributed by atoms with E-state index in [0.29, 0.717) is 23.6 Å². The van der Waals surface area contributed by atoms with Gasteiger partial charge in [-0.2, -0.15) is 5.10 Å². The third kappa shape index (κ3) is 2.61. The summed E-state index contributed by atoms with van der Waals surface area (Å²) in [5.74, 6) is -0.310. The van der Waals surface area contributed by atoms with E-state index < -0.39 is 12.3 Å². The zero-order chi connectivity index (χ0) is 18.3. The molecule has 0 saturated heterocycles. The van der Waals surface area contributed by atoms with Gasteiger partial charge in [0.2, 0.25) is 6.36 Å². The van der Waals surface area contributed by atoms with Gasteiger partial charge in [-0.1, -0.05) is 30.3 Å². The normalized spacial score (nSPS) is 22.1. The molecular formula is C19H18FN3O3. The Balaban J connectivity index is 1.79. The zero-order valence-corrected chi connectivity index (χ0v) is 14.1. The number of ether oxygens (including phenoxy) is 2. The van der Waals surface area contributed by atoms with Crippen LogP contribution in [0.5, 0.6) is 5.75 Å². The van der Waals surface area contributed by atoms with Gasteiger partial charge in [0.15, 0.2) is 0 Å². The number of primary amides is 1. The molecule has 6 nitrogen and oxygen atoms in total. The molecule has 3 unspecified atom stereocenters. The smallest absolute Gasteiger partial charge is 0.265 e. The van der Waals surface area contributed by atoms with E-state index in [1.54, 1.807) is 23.2 Å². The summed E-state index contributed by atoms with van der Waals surface area (Å²) < 4.78 is 24.5. The first-order valence-electron chi connectivity index (χ1n) is 8.26. The monoisotopic (exact) mass is 355 g/mol. The minimum Gasteiger partial charge on any atom is -0.489 e. The molecule has 2 heterocycles. The van der Waals surface area contributed by atoms with Crippen molar-refractivity contribution >= 4 is 17.3 Å². The molecule has 2 aromatic rings. The fourth-order valence-corrected chi connectivity index (χ4v) is 3.51. The van der Waals surface area contributed by atoms with Crippen LogP contribution in [0.3, 0.4) is 0 Å². The summed E-state index contributed by atoms with van der Waals surface area (Å²) in [5.41, 5.74) is 7.73. The molecule has 134 valence electrons. The number of amides is 1. The van der Waals surface area contributed by atoms with E-state index in [2.05, 4.69) is 5.10 Å². The third-order valence-corrected chi connectivity index (χ3v) is 4.73. The number of hydrazone groups is 1. The van der Waals surface area contributed by atoms with Gasteiger partial charge >= 0.3 is 0 Å². The highest BCUT2D eigenvalue weighted by atomic mass is 19.1. The van der Waals surface area contributed by atoms with Gasteiger partial charge in [0, 0.05) is 12.7 Å². The number of hydrogen-bond donors (Lipinski definition) is 1. The van der Waals surface area contributed by atoms with Crippen LogP contribution in [-0.4, -0.2) is 31.4 Å². The molecule has 1 amide bonds. The standard InChI is InChI=1S/C19H18FN3O3/c1-25-18(20)12-7-8-15-13(9-12)23-14(10-26-15)16(17(22-23)19(21)24)11-5-3-2-4-6-11/h2-9,14,16,18H,10H2,1H3,(H2,21,24). The number of rotatable bonds is 4. The Kier molecular flexibility index (Phi) is 4.08. The average molecular weight is 355 g/mol. The van der Waals surface area contributed by atoms with Crippen molar-refractivity contribution in [3.8, 4) is 5.75 Å². The molecule has 2 aliphatic heterocycles. The molecule has 0 aliphatic carbocycles. The van der Waals surface area contributed by atoms with Crippen molar-refractivity contribution in [1.82, 2.24) is 0 Å². The molecule has 3 atom stereocenters. The first-order chi connectivity index (χ1) is 12.6. The second kappa shape index (κ2) is 6.42. The quantitative estimate of drug-likeness (QED) is 0.914. The fourth-order valence-electron chi connectivity index (χ4n) is 3.51. The SMILES string of the molecule is COC(F)c1ccc2c(c1)N1N=C(C(N)=O)C(c3ccccc3)C1CO2. The minimum atomic E-state index is -1.55. The number of halogens is 1. The maximum Gasteiger partial charge on any atom is 0.265 e. The van der Waals surface area contributed by atoms with E-state index in [1.807, 2.05) is 30.3 Å². The van der Waals surface area contributed by atoms with Crippen molar-refractivity contribution in [2.75, 3.05) is 18.7 Å². The molecule has 2 aliphatic rings. The Morgan fingerprint density at radius 1 is 1.35 bits per heavy atom. The lowest BCUT2D eigenvalue weighted by atomic mass is 9.87. The van der Waals surface area contributed by atoms with Crippen LogP contribution < -0.4 is 15.5 Å². The van der Waals surface area contributed by atoms with Crippen LogP contribution in [0.1, 0.15) is 23.4 Å². The molecule has 26 heavy (non-hydrogen) atoms. The number of methoxy groups -OCH3 is 1. The summed E-state index contributed by atoms with van der Waals surface area (Å²) in [7, 11) is 1.30. The van der Waals surface area contributed by atoms with Crippen molar-refractivity contribution < 1.29 is 18.7 Å². The number of carbonyl (C=O) groups is 1. The van der Waals surface area contributed by atoms with Gasteiger partial charge < -0.3 is 15.2 Å². The van der Waals surface area contributed by atoms with Gasteiger partial charge in [0.1, 0.15) is 23.8 Å². The van der Waals surface area contributed by atoms with Gasteiger partial charge in [-0.3, -0.25) is 9.80 Å². The summed E-state index contributed by atoms with van der Waals surface area (Å²) in [6.07, 6.45) is -1.55. The second-order valence-electron chi connectivity index (χ2n) is 6.24. The topological polar surface area (TPSA) is 77.1 Å². The molecule has 2 N–H and O–H groups in total. The summed E-state index contributed by atoms with van der Waals surface area (Å²) in [6, 6.07) is 14.3. The first-order valence-corrected chi connectivity index (χ1v) is 8.26. The van der Waals surface area contributed by atoms with E-state index in [0.717, 1.165) is 5.56 Å². The number of anilines is 1.